The van der Waals surface area contributed by atoms with Gasteiger partial charge in [-0.1, -0.05) is 48.5 Å². The van der Waals surface area contributed by atoms with Gasteiger partial charge >= 0.3 is 0 Å². The SMILES string of the molecule is Cc1ccc(Cc2cc(Cc3cccc(C)c3C)cc(C)c2C)cc1C. The van der Waals surface area contributed by atoms with Crippen LogP contribution in [0.15, 0.2) is 48.5 Å². The monoisotopic (exact) mass is 342 g/mol. The minimum absolute atomic E-state index is 1.01. The summed E-state index contributed by atoms with van der Waals surface area (Å²) in [6.07, 6.45) is 2.02. The molecule has 0 saturated carbocycles. The number of benzene rings is 3. The third-order valence-corrected chi connectivity index (χ3v) is 5.91. The van der Waals surface area contributed by atoms with Gasteiger partial charge in [0.05, 0.1) is 0 Å². The van der Waals surface area contributed by atoms with E-state index in [1.54, 1.807) is 0 Å². The molecule has 0 heterocycles. The molecule has 26 heavy (non-hydrogen) atoms. The molecule has 0 saturated heterocycles. The van der Waals surface area contributed by atoms with Crippen molar-refractivity contribution in [3.05, 3.63) is 104 Å². The molecule has 0 aliphatic carbocycles. The van der Waals surface area contributed by atoms with Crippen LogP contribution in [0.4, 0.5) is 0 Å². The molecule has 3 aromatic carbocycles. The van der Waals surface area contributed by atoms with E-state index in [2.05, 4.69) is 90.1 Å². The first-order chi connectivity index (χ1) is 12.3. The smallest absolute Gasteiger partial charge is 0.00228 e. The van der Waals surface area contributed by atoms with Crippen molar-refractivity contribution < 1.29 is 0 Å². The summed E-state index contributed by atoms with van der Waals surface area (Å²) in [7, 11) is 0. The van der Waals surface area contributed by atoms with Crippen molar-refractivity contribution in [1.82, 2.24) is 0 Å². The predicted octanol–water partition coefficient (Wildman–Crippen LogP) is 6.72. The van der Waals surface area contributed by atoms with E-state index in [4.69, 9.17) is 0 Å². The summed E-state index contributed by atoms with van der Waals surface area (Å²) in [6, 6.07) is 18.3. The Kier molecular flexibility index (Phi) is 5.32. The Morgan fingerprint density at radius 3 is 1.88 bits per heavy atom. The van der Waals surface area contributed by atoms with Crippen LogP contribution in [0.3, 0.4) is 0 Å². The molecular weight excluding hydrogens is 312 g/mol. The van der Waals surface area contributed by atoms with Crippen molar-refractivity contribution in [3.8, 4) is 0 Å². The summed E-state index contributed by atoms with van der Waals surface area (Å²) >= 11 is 0. The van der Waals surface area contributed by atoms with E-state index in [0.717, 1.165) is 12.8 Å². The Bertz CT molecular complexity index is 944. The molecule has 0 spiro atoms. The van der Waals surface area contributed by atoms with Crippen molar-refractivity contribution in [1.29, 1.82) is 0 Å². The summed E-state index contributed by atoms with van der Waals surface area (Å²) in [6.45, 7) is 13.3. The molecule has 0 aromatic heterocycles. The van der Waals surface area contributed by atoms with Gasteiger partial charge in [-0.05, 0) is 110 Å². The molecular formula is C26H30. The maximum atomic E-state index is 2.42. The van der Waals surface area contributed by atoms with E-state index in [0.29, 0.717) is 0 Å². The highest BCUT2D eigenvalue weighted by Crippen LogP contribution is 2.24. The van der Waals surface area contributed by atoms with E-state index in [1.165, 1.54) is 55.6 Å². The summed E-state index contributed by atoms with van der Waals surface area (Å²) in [5.41, 5.74) is 14.1. The average Bonchev–Trinajstić information content (AvgIpc) is 2.59. The fraction of sp³-hybridized carbons (Fsp3) is 0.308. The van der Waals surface area contributed by atoms with Gasteiger partial charge in [-0.15, -0.1) is 0 Å². The maximum Gasteiger partial charge on any atom is -0.00228 e. The number of hydrogen-bond donors (Lipinski definition) is 0. The normalized spacial score (nSPS) is 11.0. The van der Waals surface area contributed by atoms with Crippen molar-refractivity contribution in [3.63, 3.8) is 0 Å². The fourth-order valence-corrected chi connectivity index (χ4v) is 3.66. The van der Waals surface area contributed by atoms with Gasteiger partial charge in [0.2, 0.25) is 0 Å². The first-order valence-electron chi connectivity index (χ1n) is 9.55. The summed E-state index contributed by atoms with van der Waals surface area (Å²) < 4.78 is 0. The molecule has 0 unspecified atom stereocenters. The molecule has 0 aliphatic heterocycles. The van der Waals surface area contributed by atoms with Gasteiger partial charge in [-0.2, -0.15) is 0 Å². The molecule has 0 bridgehead atoms. The van der Waals surface area contributed by atoms with Gasteiger partial charge in [-0.25, -0.2) is 0 Å². The van der Waals surface area contributed by atoms with Crippen LogP contribution in [0.5, 0.6) is 0 Å². The van der Waals surface area contributed by atoms with Crippen LogP contribution >= 0.6 is 0 Å². The lowest BCUT2D eigenvalue weighted by Gasteiger charge is -2.15. The molecule has 3 aromatic rings. The third-order valence-electron chi connectivity index (χ3n) is 5.91. The second kappa shape index (κ2) is 7.50. The molecule has 0 radical (unpaired) electrons. The molecule has 0 nitrogen and oxygen atoms in total. The van der Waals surface area contributed by atoms with Crippen molar-refractivity contribution in [2.24, 2.45) is 0 Å². The molecule has 0 amide bonds. The van der Waals surface area contributed by atoms with Crippen LogP contribution in [-0.2, 0) is 12.8 Å². The first-order valence-corrected chi connectivity index (χ1v) is 9.55. The Labute approximate surface area is 158 Å². The fourth-order valence-electron chi connectivity index (χ4n) is 3.66. The van der Waals surface area contributed by atoms with Crippen LogP contribution in [-0.4, -0.2) is 0 Å². The summed E-state index contributed by atoms with van der Waals surface area (Å²) in [4.78, 5) is 0. The average molecular weight is 343 g/mol. The Morgan fingerprint density at radius 1 is 0.500 bits per heavy atom. The zero-order valence-electron chi connectivity index (χ0n) is 17.0. The van der Waals surface area contributed by atoms with Crippen molar-refractivity contribution in [2.45, 2.75) is 54.4 Å². The lowest BCUT2D eigenvalue weighted by atomic mass is 9.90. The number of hydrogen-bond acceptors (Lipinski definition) is 0. The quantitative estimate of drug-likeness (QED) is 0.494. The highest BCUT2D eigenvalue weighted by molar-refractivity contribution is 5.44. The maximum absolute atomic E-state index is 2.42. The molecule has 0 fully saturated rings. The highest BCUT2D eigenvalue weighted by atomic mass is 14.1. The van der Waals surface area contributed by atoms with Gasteiger partial charge in [0.25, 0.3) is 0 Å². The predicted molar refractivity (Wildman–Crippen MR) is 113 cm³/mol. The van der Waals surface area contributed by atoms with Gasteiger partial charge in [0.15, 0.2) is 0 Å². The second-order valence-electron chi connectivity index (χ2n) is 7.83. The van der Waals surface area contributed by atoms with E-state index < -0.39 is 0 Å². The van der Waals surface area contributed by atoms with Crippen LogP contribution in [0.1, 0.15) is 55.6 Å². The Balaban J connectivity index is 1.94. The molecule has 0 N–H and O–H groups in total. The summed E-state index contributed by atoms with van der Waals surface area (Å²) in [5.74, 6) is 0. The van der Waals surface area contributed by atoms with Gasteiger partial charge in [0, 0.05) is 0 Å². The minimum atomic E-state index is 1.01. The van der Waals surface area contributed by atoms with Gasteiger partial charge in [0.1, 0.15) is 0 Å². The van der Waals surface area contributed by atoms with Gasteiger partial charge < -0.3 is 0 Å². The van der Waals surface area contributed by atoms with E-state index >= 15 is 0 Å². The Morgan fingerprint density at radius 2 is 1.15 bits per heavy atom. The van der Waals surface area contributed by atoms with Crippen LogP contribution < -0.4 is 0 Å². The zero-order chi connectivity index (χ0) is 18.8. The zero-order valence-corrected chi connectivity index (χ0v) is 17.0. The van der Waals surface area contributed by atoms with E-state index in [1.807, 2.05) is 0 Å². The minimum Gasteiger partial charge on any atom is -0.0617 e. The second-order valence-corrected chi connectivity index (χ2v) is 7.83. The number of aryl methyl sites for hydroxylation is 4. The largest absolute Gasteiger partial charge is 0.0617 e. The lowest BCUT2D eigenvalue weighted by Crippen LogP contribution is -2.00. The van der Waals surface area contributed by atoms with E-state index in [9.17, 15) is 0 Å². The van der Waals surface area contributed by atoms with Gasteiger partial charge in [-0.3, -0.25) is 0 Å². The Hall–Kier alpha value is -2.34. The molecule has 0 heteroatoms. The van der Waals surface area contributed by atoms with Crippen molar-refractivity contribution >= 4 is 0 Å². The molecule has 0 aliphatic rings. The van der Waals surface area contributed by atoms with Crippen LogP contribution in [0.2, 0.25) is 0 Å². The van der Waals surface area contributed by atoms with Crippen LogP contribution in [0, 0.1) is 41.5 Å². The first kappa shape index (κ1) is 18.5. The van der Waals surface area contributed by atoms with Crippen molar-refractivity contribution in [2.75, 3.05) is 0 Å². The highest BCUT2D eigenvalue weighted by Gasteiger charge is 2.09. The number of rotatable bonds is 4. The third kappa shape index (κ3) is 3.90. The molecule has 3 rings (SSSR count). The summed E-state index contributed by atoms with van der Waals surface area (Å²) in [5, 5.41) is 0. The van der Waals surface area contributed by atoms with E-state index in [-0.39, 0.29) is 0 Å². The molecule has 0 atom stereocenters. The topological polar surface area (TPSA) is 0 Å². The lowest BCUT2D eigenvalue weighted by molar-refractivity contribution is 1.08. The standard InChI is InChI=1S/C26H30/c1-17-10-11-23(12-19(17)3)14-26-16-24(13-20(4)22(26)6)15-25-9-7-8-18(2)21(25)5/h7-13,16H,14-15H2,1-6H3. The van der Waals surface area contributed by atoms with Crippen LogP contribution in [0.25, 0.3) is 0 Å². The molecule has 134 valence electrons.